The summed E-state index contributed by atoms with van der Waals surface area (Å²) in [6, 6.07) is 13.1. The molecule has 1 amide bonds. The number of primary amides is 1. The molecule has 0 aliphatic carbocycles. The van der Waals surface area contributed by atoms with Gasteiger partial charge >= 0.3 is 0 Å². The van der Waals surface area contributed by atoms with Crippen molar-refractivity contribution in [1.82, 2.24) is 14.9 Å². The number of aliphatic hydroxyl groups is 3. The summed E-state index contributed by atoms with van der Waals surface area (Å²) in [4.78, 5) is 16.2. The second-order valence-electron chi connectivity index (χ2n) is 10.2. The first-order chi connectivity index (χ1) is 19.2. The summed E-state index contributed by atoms with van der Waals surface area (Å²) in [6.45, 7) is 6.76. The Kier molecular flexibility index (Phi) is 9.48. The van der Waals surface area contributed by atoms with E-state index in [4.69, 9.17) is 19.9 Å². The quantitative estimate of drug-likeness (QED) is 0.159. The number of para-hydroxylation sites is 2. The second-order valence-corrected chi connectivity index (χ2v) is 10.2. The Bertz CT molecular complexity index is 1300. The first-order valence-corrected chi connectivity index (χ1v) is 13.4. The van der Waals surface area contributed by atoms with Crippen LogP contribution in [0.2, 0.25) is 0 Å². The van der Waals surface area contributed by atoms with Crippen molar-refractivity contribution in [3.05, 3.63) is 48.0 Å². The molecule has 0 bridgehead atoms. The Labute approximate surface area is 233 Å². The number of carbonyl (C=O) groups excluding carboxylic acids is 1. The minimum Gasteiger partial charge on any atom is -0.490 e. The first-order valence-electron chi connectivity index (χ1n) is 13.4. The molecule has 1 saturated heterocycles. The molecule has 0 spiro atoms. The molecule has 218 valence electrons. The standard InChI is InChI=1S/C28H39N5O7/c1-4-38-20-11-10-17(14-21(20)39-13-7-12-31-28(2,3)26(29)37)15-30-27-32-18-8-5-6-9-19(18)33(27)25-24(36)23(35)22(16-34)40-25/h5-6,8-11,14,22-25,31,34-36H,4,7,12-13,15-16H2,1-3H3,(H2,29,37)(H,30,32)/t22-,23-,24-,25-/m1/s1. The summed E-state index contributed by atoms with van der Waals surface area (Å²) < 4.78 is 19.3. The summed E-state index contributed by atoms with van der Waals surface area (Å²) in [5, 5.41) is 37.0. The molecule has 1 aliphatic heterocycles. The largest absolute Gasteiger partial charge is 0.490 e. The highest BCUT2D eigenvalue weighted by molar-refractivity contribution is 5.83. The molecule has 1 fully saturated rings. The third-order valence-corrected chi connectivity index (χ3v) is 6.89. The minimum atomic E-state index is -1.25. The normalized spacial score (nSPS) is 21.1. The van der Waals surface area contributed by atoms with E-state index in [1.54, 1.807) is 18.4 Å². The number of benzene rings is 2. The molecular formula is C28H39N5O7. The van der Waals surface area contributed by atoms with Gasteiger partial charge in [-0.1, -0.05) is 18.2 Å². The Morgan fingerprint density at radius 2 is 1.93 bits per heavy atom. The zero-order chi connectivity index (χ0) is 28.9. The predicted octanol–water partition coefficient (Wildman–Crippen LogP) is 1.28. The molecule has 0 radical (unpaired) electrons. The topological polar surface area (TPSA) is 173 Å². The minimum absolute atomic E-state index is 0.370. The molecule has 1 aromatic heterocycles. The molecule has 40 heavy (non-hydrogen) atoms. The van der Waals surface area contributed by atoms with E-state index in [0.717, 1.165) is 5.56 Å². The van der Waals surface area contributed by atoms with Gasteiger partial charge in [-0.3, -0.25) is 9.36 Å². The van der Waals surface area contributed by atoms with E-state index >= 15 is 0 Å². The van der Waals surface area contributed by atoms with Crippen molar-refractivity contribution < 1.29 is 34.3 Å². The van der Waals surface area contributed by atoms with Crippen LogP contribution < -0.4 is 25.8 Å². The highest BCUT2D eigenvalue weighted by Crippen LogP contribution is 2.35. The number of rotatable bonds is 14. The van der Waals surface area contributed by atoms with Crippen molar-refractivity contribution in [3.8, 4) is 11.5 Å². The van der Waals surface area contributed by atoms with Crippen LogP contribution in [-0.4, -0.2) is 81.0 Å². The van der Waals surface area contributed by atoms with Crippen LogP contribution in [0.5, 0.6) is 11.5 Å². The van der Waals surface area contributed by atoms with Gasteiger partial charge in [-0.05, 0) is 63.6 Å². The van der Waals surface area contributed by atoms with Crippen LogP contribution in [0.1, 0.15) is 39.0 Å². The Morgan fingerprint density at radius 1 is 1.15 bits per heavy atom. The zero-order valence-corrected chi connectivity index (χ0v) is 23.0. The van der Waals surface area contributed by atoms with Crippen LogP contribution in [0, 0.1) is 0 Å². The lowest BCUT2D eigenvalue weighted by molar-refractivity contribution is -0.123. The number of ether oxygens (including phenoxy) is 3. The van der Waals surface area contributed by atoms with Crippen LogP contribution in [0.25, 0.3) is 11.0 Å². The Morgan fingerprint density at radius 3 is 2.62 bits per heavy atom. The fourth-order valence-electron chi connectivity index (χ4n) is 4.49. The van der Waals surface area contributed by atoms with Gasteiger partial charge in [0.15, 0.2) is 17.7 Å². The number of amides is 1. The van der Waals surface area contributed by atoms with E-state index in [1.807, 2.05) is 49.4 Å². The number of carbonyl (C=O) groups is 1. The third-order valence-electron chi connectivity index (χ3n) is 6.89. The van der Waals surface area contributed by atoms with Crippen LogP contribution in [0.3, 0.4) is 0 Å². The molecule has 12 heteroatoms. The highest BCUT2D eigenvalue weighted by Gasteiger charge is 2.44. The number of anilines is 1. The molecule has 12 nitrogen and oxygen atoms in total. The van der Waals surface area contributed by atoms with Crippen molar-refractivity contribution in [1.29, 1.82) is 0 Å². The summed E-state index contributed by atoms with van der Waals surface area (Å²) in [5.41, 5.74) is 6.90. The predicted molar refractivity (Wildman–Crippen MR) is 149 cm³/mol. The van der Waals surface area contributed by atoms with Crippen LogP contribution in [-0.2, 0) is 16.1 Å². The smallest absolute Gasteiger partial charge is 0.237 e. The molecule has 7 N–H and O–H groups in total. The van der Waals surface area contributed by atoms with Crippen molar-refractivity contribution >= 4 is 22.9 Å². The monoisotopic (exact) mass is 557 g/mol. The van der Waals surface area contributed by atoms with Crippen molar-refractivity contribution in [2.24, 2.45) is 5.73 Å². The molecule has 0 unspecified atom stereocenters. The SMILES string of the molecule is CCOc1ccc(CNc2nc3ccccc3n2[C@@H]2O[C@H](CO)[C@@H](O)[C@H]2O)cc1OCCCNC(C)(C)C(N)=O. The molecule has 4 atom stereocenters. The van der Waals surface area contributed by atoms with E-state index in [0.29, 0.717) is 61.2 Å². The van der Waals surface area contributed by atoms with Gasteiger partial charge in [0.05, 0.1) is 36.4 Å². The van der Waals surface area contributed by atoms with E-state index in [2.05, 4.69) is 15.6 Å². The van der Waals surface area contributed by atoms with Gasteiger partial charge in [0.2, 0.25) is 11.9 Å². The number of aromatic nitrogens is 2. The van der Waals surface area contributed by atoms with Gasteiger partial charge in [0, 0.05) is 6.54 Å². The van der Waals surface area contributed by atoms with E-state index in [9.17, 15) is 20.1 Å². The molecule has 3 aromatic rings. The van der Waals surface area contributed by atoms with Crippen molar-refractivity contribution in [2.75, 3.05) is 31.7 Å². The fraction of sp³-hybridized carbons (Fsp3) is 0.500. The summed E-state index contributed by atoms with van der Waals surface area (Å²) in [5.74, 6) is 1.23. The van der Waals surface area contributed by atoms with Crippen LogP contribution >= 0.6 is 0 Å². The number of nitrogens with two attached hydrogens (primary N) is 1. The van der Waals surface area contributed by atoms with Crippen LogP contribution in [0.4, 0.5) is 5.95 Å². The maximum Gasteiger partial charge on any atom is 0.237 e. The lowest BCUT2D eigenvalue weighted by atomic mass is 10.1. The first kappa shape index (κ1) is 29.6. The zero-order valence-electron chi connectivity index (χ0n) is 23.0. The number of imidazole rings is 1. The van der Waals surface area contributed by atoms with E-state index in [-0.39, 0.29) is 0 Å². The second kappa shape index (κ2) is 12.8. The number of fused-ring (bicyclic) bond motifs is 1. The maximum atomic E-state index is 11.5. The molecule has 2 heterocycles. The van der Waals surface area contributed by atoms with Gasteiger partial charge < -0.3 is 45.9 Å². The average molecular weight is 558 g/mol. The summed E-state index contributed by atoms with van der Waals surface area (Å²) in [6.07, 6.45) is -3.67. The van der Waals surface area contributed by atoms with Gasteiger partial charge in [-0.2, -0.15) is 0 Å². The Balaban J connectivity index is 1.48. The highest BCUT2D eigenvalue weighted by atomic mass is 16.6. The molecule has 0 saturated carbocycles. The molecule has 1 aliphatic rings. The lowest BCUT2D eigenvalue weighted by Gasteiger charge is -2.22. The van der Waals surface area contributed by atoms with Gasteiger partial charge in [0.25, 0.3) is 0 Å². The van der Waals surface area contributed by atoms with E-state index < -0.39 is 42.6 Å². The number of nitrogens with zero attached hydrogens (tertiary/aromatic N) is 2. The van der Waals surface area contributed by atoms with Gasteiger partial charge in [-0.25, -0.2) is 4.98 Å². The average Bonchev–Trinajstić information content (AvgIpc) is 3.44. The summed E-state index contributed by atoms with van der Waals surface area (Å²) in [7, 11) is 0. The number of nitrogens with one attached hydrogen (secondary N) is 2. The Hall–Kier alpha value is -3.42. The summed E-state index contributed by atoms with van der Waals surface area (Å²) >= 11 is 0. The fourth-order valence-corrected chi connectivity index (χ4v) is 4.49. The number of hydrogen-bond acceptors (Lipinski definition) is 10. The number of aliphatic hydroxyl groups excluding tert-OH is 3. The van der Waals surface area contributed by atoms with Crippen molar-refractivity contribution in [3.63, 3.8) is 0 Å². The van der Waals surface area contributed by atoms with E-state index in [1.165, 1.54) is 0 Å². The van der Waals surface area contributed by atoms with Crippen molar-refractivity contribution in [2.45, 2.75) is 63.8 Å². The molecule has 2 aromatic carbocycles. The maximum absolute atomic E-state index is 11.5. The number of hydrogen-bond donors (Lipinski definition) is 6. The third kappa shape index (κ3) is 6.48. The molecular weight excluding hydrogens is 518 g/mol. The van der Waals surface area contributed by atoms with Crippen LogP contribution in [0.15, 0.2) is 42.5 Å². The van der Waals surface area contributed by atoms with Gasteiger partial charge in [0.1, 0.15) is 18.3 Å². The van der Waals surface area contributed by atoms with Gasteiger partial charge in [-0.15, -0.1) is 0 Å². The lowest BCUT2D eigenvalue weighted by Crippen LogP contribution is -2.51. The molecule has 4 rings (SSSR count).